The van der Waals surface area contributed by atoms with Gasteiger partial charge in [-0.2, -0.15) is 0 Å². The molecule has 0 saturated heterocycles. The average molecular weight is 503 g/mol. The van der Waals surface area contributed by atoms with Crippen LogP contribution in [-0.4, -0.2) is 82.6 Å². The number of aliphatic carboxylic acids is 1. The first-order valence-corrected chi connectivity index (χ1v) is 11.1. The zero-order valence-electron chi connectivity index (χ0n) is 20.2. The minimum atomic E-state index is -1.49. The Balaban J connectivity index is 5.52. The van der Waals surface area contributed by atoms with E-state index in [9.17, 15) is 34.2 Å². The number of rotatable bonds is 16. The van der Waals surface area contributed by atoms with Crippen LogP contribution in [0.1, 0.15) is 46.5 Å². The number of carbonyl (C=O) groups is 5. The molecule has 0 aromatic heterocycles. The van der Waals surface area contributed by atoms with Crippen molar-refractivity contribution in [1.29, 1.82) is 0 Å². The quantitative estimate of drug-likeness (QED) is 0.0563. The zero-order chi connectivity index (χ0) is 27.3. The van der Waals surface area contributed by atoms with Gasteiger partial charge in [-0.15, -0.1) is 0 Å². The van der Waals surface area contributed by atoms with Gasteiger partial charge in [-0.05, 0) is 32.1 Å². The maximum absolute atomic E-state index is 12.9. The molecule has 0 spiro atoms. The van der Waals surface area contributed by atoms with E-state index in [1.807, 2.05) is 0 Å². The second-order valence-corrected chi connectivity index (χ2v) is 8.42. The van der Waals surface area contributed by atoms with Crippen molar-refractivity contribution in [2.45, 2.75) is 76.7 Å². The van der Waals surface area contributed by atoms with Crippen LogP contribution in [0.4, 0.5) is 0 Å². The fourth-order valence-corrected chi connectivity index (χ4v) is 2.90. The summed E-state index contributed by atoms with van der Waals surface area (Å²) in [6.45, 7) is 4.59. The van der Waals surface area contributed by atoms with Crippen molar-refractivity contribution in [1.82, 2.24) is 16.0 Å². The molecule has 15 heteroatoms. The monoisotopic (exact) mass is 502 g/mol. The van der Waals surface area contributed by atoms with Gasteiger partial charge >= 0.3 is 5.97 Å². The van der Waals surface area contributed by atoms with Gasteiger partial charge < -0.3 is 49.1 Å². The summed E-state index contributed by atoms with van der Waals surface area (Å²) in [4.78, 5) is 64.1. The molecule has 0 aromatic rings. The molecule has 0 saturated carbocycles. The van der Waals surface area contributed by atoms with Gasteiger partial charge in [-0.1, -0.05) is 13.8 Å². The highest BCUT2D eigenvalue weighted by Crippen LogP contribution is 2.06. The lowest BCUT2D eigenvalue weighted by atomic mass is 10.0. The van der Waals surface area contributed by atoms with Crippen molar-refractivity contribution >= 4 is 35.6 Å². The fourth-order valence-electron chi connectivity index (χ4n) is 2.90. The fraction of sp³-hybridized carbons (Fsp3) is 0.700. The number of aliphatic imine (C=N–C) groups is 1. The summed E-state index contributed by atoms with van der Waals surface area (Å²) >= 11 is 0. The Hall–Kier alpha value is -3.46. The number of guanidine groups is 1. The van der Waals surface area contributed by atoms with Crippen molar-refractivity contribution in [2.75, 3.05) is 6.54 Å². The molecule has 13 N–H and O–H groups in total. The van der Waals surface area contributed by atoms with Crippen molar-refractivity contribution in [2.24, 2.45) is 33.8 Å². The number of aliphatic hydroxyl groups is 1. The topological polar surface area (TPSA) is 278 Å². The van der Waals surface area contributed by atoms with Crippen LogP contribution in [0.5, 0.6) is 0 Å². The number of aliphatic hydroxyl groups excluding tert-OH is 1. The Morgan fingerprint density at radius 1 is 0.857 bits per heavy atom. The van der Waals surface area contributed by atoms with E-state index in [0.29, 0.717) is 0 Å². The Kier molecular flexibility index (Phi) is 13.9. The average Bonchev–Trinajstić information content (AvgIpc) is 2.74. The maximum atomic E-state index is 12.9. The first-order chi connectivity index (χ1) is 16.2. The van der Waals surface area contributed by atoms with Gasteiger partial charge in [0.25, 0.3) is 0 Å². The number of carbonyl (C=O) groups excluding carboxylic acids is 4. The highest BCUT2D eigenvalue weighted by molar-refractivity contribution is 5.94. The summed E-state index contributed by atoms with van der Waals surface area (Å²) in [5.41, 5.74) is 21.3. The first kappa shape index (κ1) is 31.5. The van der Waals surface area contributed by atoms with Gasteiger partial charge in [0.2, 0.25) is 23.6 Å². The Morgan fingerprint density at radius 3 is 1.89 bits per heavy atom. The molecule has 5 unspecified atom stereocenters. The van der Waals surface area contributed by atoms with E-state index in [0.717, 1.165) is 0 Å². The highest BCUT2D eigenvalue weighted by atomic mass is 16.4. The molecule has 0 fully saturated rings. The normalized spacial score (nSPS) is 15.1. The van der Waals surface area contributed by atoms with Crippen LogP contribution in [0.25, 0.3) is 0 Å². The zero-order valence-corrected chi connectivity index (χ0v) is 20.2. The third-order valence-corrected chi connectivity index (χ3v) is 4.91. The Labute approximate surface area is 203 Å². The molecule has 200 valence electrons. The number of nitrogens with one attached hydrogen (secondary N) is 3. The van der Waals surface area contributed by atoms with Crippen LogP contribution in [0.2, 0.25) is 0 Å². The molecular formula is C20H38N8O7. The van der Waals surface area contributed by atoms with E-state index in [4.69, 9.17) is 22.9 Å². The SMILES string of the molecule is CC(C)C(NC(=O)C(CCCN=C(N)N)NC(=O)C(NC(=O)C(N)CCC(N)=O)C(C)O)C(=O)O. The Morgan fingerprint density at radius 2 is 1.43 bits per heavy atom. The predicted octanol–water partition coefficient (Wildman–Crippen LogP) is -3.79. The van der Waals surface area contributed by atoms with E-state index in [1.54, 1.807) is 13.8 Å². The number of carboxylic acid groups (broad SMARTS) is 1. The summed E-state index contributed by atoms with van der Waals surface area (Å²) < 4.78 is 0. The molecule has 0 radical (unpaired) electrons. The van der Waals surface area contributed by atoms with E-state index in [-0.39, 0.29) is 38.2 Å². The van der Waals surface area contributed by atoms with Crippen molar-refractivity contribution in [3.8, 4) is 0 Å². The van der Waals surface area contributed by atoms with Gasteiger partial charge in [-0.3, -0.25) is 24.2 Å². The lowest BCUT2D eigenvalue weighted by Crippen LogP contribution is -2.60. The van der Waals surface area contributed by atoms with Gasteiger partial charge in [0.15, 0.2) is 5.96 Å². The molecule has 0 bridgehead atoms. The second-order valence-electron chi connectivity index (χ2n) is 8.42. The molecular weight excluding hydrogens is 464 g/mol. The van der Waals surface area contributed by atoms with E-state index in [2.05, 4.69) is 20.9 Å². The summed E-state index contributed by atoms with van der Waals surface area (Å²) in [7, 11) is 0. The van der Waals surface area contributed by atoms with E-state index in [1.165, 1.54) is 6.92 Å². The van der Waals surface area contributed by atoms with Gasteiger partial charge in [-0.25, -0.2) is 4.79 Å². The molecule has 5 atom stereocenters. The van der Waals surface area contributed by atoms with Crippen LogP contribution in [0.3, 0.4) is 0 Å². The molecule has 4 amide bonds. The van der Waals surface area contributed by atoms with Crippen LogP contribution in [0.15, 0.2) is 4.99 Å². The number of hydrogen-bond acceptors (Lipinski definition) is 8. The summed E-state index contributed by atoms with van der Waals surface area (Å²) in [5, 5.41) is 26.5. The molecule has 35 heavy (non-hydrogen) atoms. The smallest absolute Gasteiger partial charge is 0.326 e. The van der Waals surface area contributed by atoms with Crippen LogP contribution < -0.4 is 38.9 Å². The molecule has 0 aliphatic rings. The maximum Gasteiger partial charge on any atom is 0.326 e. The summed E-state index contributed by atoms with van der Waals surface area (Å²) in [6, 6.07) is -5.10. The van der Waals surface area contributed by atoms with Crippen molar-refractivity contribution in [3.05, 3.63) is 0 Å². The molecule has 0 aliphatic carbocycles. The number of nitrogens with zero attached hydrogens (tertiary/aromatic N) is 1. The summed E-state index contributed by atoms with van der Waals surface area (Å²) in [5.74, 6) is -5.02. The van der Waals surface area contributed by atoms with E-state index < -0.39 is 65.8 Å². The minimum Gasteiger partial charge on any atom is -0.480 e. The lowest BCUT2D eigenvalue weighted by molar-refractivity contribution is -0.143. The summed E-state index contributed by atoms with van der Waals surface area (Å²) in [6.07, 6.45) is -1.33. The van der Waals surface area contributed by atoms with Gasteiger partial charge in [0, 0.05) is 13.0 Å². The molecule has 0 heterocycles. The van der Waals surface area contributed by atoms with E-state index >= 15 is 0 Å². The molecule has 15 nitrogen and oxygen atoms in total. The van der Waals surface area contributed by atoms with Crippen LogP contribution >= 0.6 is 0 Å². The minimum absolute atomic E-state index is 0.0252. The largest absolute Gasteiger partial charge is 0.480 e. The molecule has 0 aliphatic heterocycles. The van der Waals surface area contributed by atoms with Crippen molar-refractivity contribution < 1.29 is 34.2 Å². The third-order valence-electron chi connectivity index (χ3n) is 4.91. The second kappa shape index (κ2) is 15.4. The van der Waals surface area contributed by atoms with Crippen LogP contribution in [0, 0.1) is 5.92 Å². The number of nitrogens with two attached hydrogens (primary N) is 4. The molecule has 0 rings (SSSR count). The number of primary amides is 1. The highest BCUT2D eigenvalue weighted by Gasteiger charge is 2.32. The van der Waals surface area contributed by atoms with Crippen LogP contribution in [-0.2, 0) is 24.0 Å². The number of hydrogen-bond donors (Lipinski definition) is 9. The molecule has 0 aromatic carbocycles. The Bertz CT molecular complexity index is 783. The van der Waals surface area contributed by atoms with Gasteiger partial charge in [0.1, 0.15) is 18.1 Å². The van der Waals surface area contributed by atoms with Gasteiger partial charge in [0.05, 0.1) is 12.1 Å². The standard InChI is InChI=1S/C20H38N8O7/c1-9(2)14(19(34)35)27-17(32)12(5-4-8-25-20(23)24)26-18(33)15(10(3)29)28-16(31)11(21)6-7-13(22)30/h9-12,14-15,29H,4-8,21H2,1-3H3,(H2,22,30)(H,26,33)(H,27,32)(H,28,31)(H,34,35)(H4,23,24,25). The number of carboxylic acids is 1. The number of amides is 4. The first-order valence-electron chi connectivity index (χ1n) is 11.1. The third kappa shape index (κ3) is 12.5. The predicted molar refractivity (Wildman–Crippen MR) is 126 cm³/mol. The lowest BCUT2D eigenvalue weighted by Gasteiger charge is -2.27. The van der Waals surface area contributed by atoms with Crippen molar-refractivity contribution in [3.63, 3.8) is 0 Å².